The Labute approximate surface area is 139 Å². The Bertz CT molecular complexity index is 220. The summed E-state index contributed by atoms with van der Waals surface area (Å²) in [5.41, 5.74) is -0.740. The van der Waals surface area contributed by atoms with Gasteiger partial charge in [0.25, 0.3) is 0 Å². The average Bonchev–Trinajstić information content (AvgIpc) is 2.42. The monoisotopic (exact) mass is 314 g/mol. The lowest BCUT2D eigenvalue weighted by molar-refractivity contribution is 0.0150. The highest BCUT2D eigenvalue weighted by Gasteiger charge is 2.17. The Morgan fingerprint density at radius 3 is 1.41 bits per heavy atom. The molecule has 2 N–H and O–H groups in total. The zero-order chi connectivity index (χ0) is 16.7. The molecule has 0 aromatic carbocycles. The van der Waals surface area contributed by atoms with Gasteiger partial charge in [0.05, 0.1) is 11.7 Å². The largest absolute Gasteiger partial charge is 0.393 e. The molecule has 1 atom stereocenters. The Morgan fingerprint density at radius 2 is 1.05 bits per heavy atom. The van der Waals surface area contributed by atoms with E-state index >= 15 is 0 Å². The van der Waals surface area contributed by atoms with Gasteiger partial charge in [-0.25, -0.2) is 0 Å². The Hall–Kier alpha value is -0.0800. The van der Waals surface area contributed by atoms with Gasteiger partial charge in [0.15, 0.2) is 0 Å². The quantitative estimate of drug-likeness (QED) is 0.343. The number of hydrogen-bond donors (Lipinski definition) is 2. The molecule has 1 unspecified atom stereocenters. The number of hydrogen-bond acceptors (Lipinski definition) is 2. The van der Waals surface area contributed by atoms with Crippen molar-refractivity contribution in [3.8, 4) is 0 Å². The smallest absolute Gasteiger partial charge is 0.0616 e. The predicted molar refractivity (Wildman–Crippen MR) is 97.2 cm³/mol. The Kier molecular flexibility index (Phi) is 14.5. The summed E-state index contributed by atoms with van der Waals surface area (Å²) in [5.74, 6) is 0. The molecule has 0 aliphatic rings. The van der Waals surface area contributed by atoms with Crippen LogP contribution < -0.4 is 0 Å². The maximum atomic E-state index is 9.80. The number of aliphatic hydroxyl groups is 2. The van der Waals surface area contributed by atoms with Gasteiger partial charge in [0, 0.05) is 6.42 Å². The van der Waals surface area contributed by atoms with E-state index in [0.29, 0.717) is 6.42 Å². The van der Waals surface area contributed by atoms with E-state index in [0.717, 1.165) is 12.8 Å². The van der Waals surface area contributed by atoms with Crippen molar-refractivity contribution in [3.05, 3.63) is 0 Å². The average molecular weight is 315 g/mol. The molecule has 0 aliphatic heterocycles. The van der Waals surface area contributed by atoms with Crippen LogP contribution in [-0.2, 0) is 0 Å². The van der Waals surface area contributed by atoms with Gasteiger partial charge in [0.1, 0.15) is 0 Å². The normalized spacial score (nSPS) is 13.5. The maximum absolute atomic E-state index is 9.80. The van der Waals surface area contributed by atoms with E-state index in [1.165, 1.54) is 77.0 Å². The molecule has 0 amide bonds. The summed E-state index contributed by atoms with van der Waals surface area (Å²) in [5, 5.41) is 19.4. The highest BCUT2D eigenvalue weighted by atomic mass is 16.3. The minimum Gasteiger partial charge on any atom is -0.393 e. The standard InChI is InChI=1S/C20H42O2/c1-4-5-6-7-8-9-10-11-12-13-14-15-16-17-19(21)18-20(2,3)22/h19,21-22H,4-18H2,1-3H3. The molecular weight excluding hydrogens is 272 g/mol. The highest BCUT2D eigenvalue weighted by molar-refractivity contribution is 4.70. The summed E-state index contributed by atoms with van der Waals surface area (Å²) < 4.78 is 0. The van der Waals surface area contributed by atoms with Crippen LogP contribution in [0.5, 0.6) is 0 Å². The van der Waals surface area contributed by atoms with Crippen LogP contribution in [0, 0.1) is 0 Å². The minimum absolute atomic E-state index is 0.340. The van der Waals surface area contributed by atoms with Gasteiger partial charge < -0.3 is 10.2 Å². The second-order valence-electron chi connectivity index (χ2n) is 7.70. The summed E-state index contributed by atoms with van der Waals surface area (Å²) >= 11 is 0. The molecule has 0 aliphatic carbocycles. The van der Waals surface area contributed by atoms with Crippen LogP contribution >= 0.6 is 0 Å². The van der Waals surface area contributed by atoms with Gasteiger partial charge >= 0.3 is 0 Å². The highest BCUT2D eigenvalue weighted by Crippen LogP contribution is 2.17. The molecule has 2 nitrogen and oxygen atoms in total. The van der Waals surface area contributed by atoms with E-state index in [1.807, 2.05) is 0 Å². The van der Waals surface area contributed by atoms with Crippen molar-refractivity contribution in [1.29, 1.82) is 0 Å². The lowest BCUT2D eigenvalue weighted by Crippen LogP contribution is -2.26. The van der Waals surface area contributed by atoms with E-state index in [-0.39, 0.29) is 6.10 Å². The second-order valence-corrected chi connectivity index (χ2v) is 7.70. The van der Waals surface area contributed by atoms with E-state index < -0.39 is 5.60 Å². The van der Waals surface area contributed by atoms with E-state index in [9.17, 15) is 10.2 Å². The maximum Gasteiger partial charge on any atom is 0.0616 e. The minimum atomic E-state index is -0.740. The Balaban J connectivity index is 3.14. The van der Waals surface area contributed by atoms with Gasteiger partial charge in [-0.05, 0) is 20.3 Å². The van der Waals surface area contributed by atoms with Crippen LogP contribution in [0.4, 0.5) is 0 Å². The van der Waals surface area contributed by atoms with Crippen molar-refractivity contribution in [2.75, 3.05) is 0 Å². The number of rotatable bonds is 16. The first-order valence-corrected chi connectivity index (χ1v) is 9.86. The number of unbranched alkanes of at least 4 members (excludes halogenated alkanes) is 12. The SMILES string of the molecule is CCCCCCCCCCCCCCCC(O)CC(C)(C)O. The third-order valence-electron chi connectivity index (χ3n) is 4.38. The molecule has 0 rings (SSSR count). The zero-order valence-corrected chi connectivity index (χ0v) is 15.6. The van der Waals surface area contributed by atoms with Crippen LogP contribution in [0.25, 0.3) is 0 Å². The first kappa shape index (κ1) is 21.9. The van der Waals surface area contributed by atoms with E-state index in [2.05, 4.69) is 6.92 Å². The van der Waals surface area contributed by atoms with Gasteiger partial charge in [-0.3, -0.25) is 0 Å². The Morgan fingerprint density at radius 1 is 0.682 bits per heavy atom. The van der Waals surface area contributed by atoms with Crippen LogP contribution in [0.15, 0.2) is 0 Å². The van der Waals surface area contributed by atoms with Gasteiger partial charge in [-0.15, -0.1) is 0 Å². The van der Waals surface area contributed by atoms with Gasteiger partial charge in [-0.1, -0.05) is 90.4 Å². The summed E-state index contributed by atoms with van der Waals surface area (Å²) in [6, 6.07) is 0. The van der Waals surface area contributed by atoms with Crippen LogP contribution in [0.3, 0.4) is 0 Å². The molecular formula is C20H42O2. The molecule has 0 fully saturated rings. The van der Waals surface area contributed by atoms with Crippen molar-refractivity contribution in [1.82, 2.24) is 0 Å². The summed E-state index contributed by atoms with van der Waals surface area (Å²) in [4.78, 5) is 0. The summed E-state index contributed by atoms with van der Waals surface area (Å²) in [6.07, 6.45) is 18.6. The molecule has 0 spiro atoms. The molecule has 0 saturated heterocycles. The zero-order valence-electron chi connectivity index (χ0n) is 15.6. The molecule has 0 saturated carbocycles. The molecule has 0 radical (unpaired) electrons. The molecule has 0 aromatic heterocycles. The summed E-state index contributed by atoms with van der Waals surface area (Å²) in [6.45, 7) is 5.80. The van der Waals surface area contributed by atoms with Gasteiger partial charge in [-0.2, -0.15) is 0 Å². The van der Waals surface area contributed by atoms with Crippen LogP contribution in [-0.4, -0.2) is 21.9 Å². The van der Waals surface area contributed by atoms with Crippen molar-refractivity contribution < 1.29 is 10.2 Å². The molecule has 2 heteroatoms. The fourth-order valence-electron chi connectivity index (χ4n) is 3.08. The first-order chi connectivity index (χ1) is 10.5. The van der Waals surface area contributed by atoms with Crippen LogP contribution in [0.2, 0.25) is 0 Å². The van der Waals surface area contributed by atoms with E-state index in [4.69, 9.17) is 0 Å². The van der Waals surface area contributed by atoms with Crippen LogP contribution in [0.1, 0.15) is 117 Å². The molecule has 134 valence electrons. The first-order valence-electron chi connectivity index (χ1n) is 9.86. The van der Waals surface area contributed by atoms with Crippen molar-refractivity contribution in [2.24, 2.45) is 0 Å². The van der Waals surface area contributed by atoms with Crippen molar-refractivity contribution in [3.63, 3.8) is 0 Å². The molecule has 22 heavy (non-hydrogen) atoms. The third-order valence-corrected chi connectivity index (χ3v) is 4.38. The fraction of sp³-hybridized carbons (Fsp3) is 1.00. The molecule has 0 bridgehead atoms. The predicted octanol–water partition coefficient (Wildman–Crippen LogP) is 5.99. The van der Waals surface area contributed by atoms with Crippen molar-refractivity contribution in [2.45, 2.75) is 129 Å². The van der Waals surface area contributed by atoms with E-state index in [1.54, 1.807) is 13.8 Å². The third kappa shape index (κ3) is 18.0. The second kappa shape index (κ2) is 14.5. The lowest BCUT2D eigenvalue weighted by atomic mass is 9.97. The topological polar surface area (TPSA) is 40.5 Å². The molecule has 0 aromatic rings. The fourth-order valence-corrected chi connectivity index (χ4v) is 3.08. The summed E-state index contributed by atoms with van der Waals surface area (Å²) in [7, 11) is 0. The van der Waals surface area contributed by atoms with Crippen molar-refractivity contribution >= 4 is 0 Å². The number of aliphatic hydroxyl groups excluding tert-OH is 1. The molecule has 0 heterocycles. The van der Waals surface area contributed by atoms with Gasteiger partial charge in [0.2, 0.25) is 0 Å². The lowest BCUT2D eigenvalue weighted by Gasteiger charge is -2.21.